The van der Waals surface area contributed by atoms with Gasteiger partial charge in [-0.05, 0) is 130 Å². The van der Waals surface area contributed by atoms with Crippen molar-refractivity contribution in [3.63, 3.8) is 0 Å². The molecule has 4 aliphatic carbocycles. The smallest absolute Gasteiger partial charge is 0.222 e. The Morgan fingerprint density at radius 1 is 1.03 bits per heavy atom. The van der Waals surface area contributed by atoms with Gasteiger partial charge in [-0.2, -0.15) is 0 Å². The van der Waals surface area contributed by atoms with Crippen LogP contribution in [0.3, 0.4) is 0 Å². The van der Waals surface area contributed by atoms with Gasteiger partial charge in [-0.1, -0.05) is 20.8 Å². The molecule has 1 heterocycles. The summed E-state index contributed by atoms with van der Waals surface area (Å²) in [5.41, 5.74) is 0.334. The monoisotopic (exact) mass is 546 g/mol. The highest BCUT2D eigenvalue weighted by Crippen LogP contribution is 2.68. The van der Waals surface area contributed by atoms with Gasteiger partial charge >= 0.3 is 0 Å². The van der Waals surface area contributed by atoms with Gasteiger partial charge in [-0.15, -0.1) is 0 Å². The molecule has 5 fully saturated rings. The highest BCUT2D eigenvalue weighted by molar-refractivity contribution is 5.76. The molecule has 39 heavy (non-hydrogen) atoms. The van der Waals surface area contributed by atoms with E-state index in [1.165, 1.54) is 44.9 Å². The molecule has 4 N–H and O–H groups in total. The minimum absolute atomic E-state index is 0.00362. The van der Waals surface area contributed by atoms with Crippen LogP contribution in [0, 0.1) is 46.3 Å². The SMILES string of the molecule is CC(CCC(O)CCO)C1CCC2C3CC[C@H]4CC(NCCN5CCCCC5=O)CCC4(C)C3C[C@H](O)C12C. The van der Waals surface area contributed by atoms with E-state index in [0.29, 0.717) is 47.5 Å². The number of aliphatic hydroxyl groups is 3. The third-order valence-electron chi connectivity index (χ3n) is 13.2. The molecule has 224 valence electrons. The molecule has 5 aliphatic rings. The van der Waals surface area contributed by atoms with E-state index in [1.807, 2.05) is 0 Å². The Bertz CT molecular complexity index is 839. The average molecular weight is 547 g/mol. The Morgan fingerprint density at radius 3 is 2.62 bits per heavy atom. The van der Waals surface area contributed by atoms with Crippen molar-refractivity contribution < 1.29 is 20.1 Å². The van der Waals surface area contributed by atoms with Crippen molar-refractivity contribution in [3.8, 4) is 0 Å². The van der Waals surface area contributed by atoms with Gasteiger partial charge in [0.1, 0.15) is 0 Å². The van der Waals surface area contributed by atoms with Crippen molar-refractivity contribution in [2.75, 3.05) is 26.2 Å². The number of rotatable bonds is 10. The van der Waals surface area contributed by atoms with Crippen LogP contribution in [0.1, 0.15) is 111 Å². The summed E-state index contributed by atoms with van der Waals surface area (Å²) in [6, 6.07) is 0.566. The molecule has 0 aromatic carbocycles. The van der Waals surface area contributed by atoms with Crippen molar-refractivity contribution in [2.24, 2.45) is 46.3 Å². The maximum absolute atomic E-state index is 12.2. The lowest BCUT2D eigenvalue weighted by molar-refractivity contribution is -0.170. The number of carbonyl (C=O) groups is 1. The summed E-state index contributed by atoms with van der Waals surface area (Å²) in [4.78, 5) is 14.2. The zero-order chi connectivity index (χ0) is 27.8. The topological polar surface area (TPSA) is 93.0 Å². The summed E-state index contributed by atoms with van der Waals surface area (Å²) in [6.45, 7) is 10.1. The van der Waals surface area contributed by atoms with Crippen LogP contribution in [-0.2, 0) is 4.79 Å². The molecular weight excluding hydrogens is 488 g/mol. The average Bonchev–Trinajstić information content (AvgIpc) is 3.28. The predicted molar refractivity (Wildman–Crippen MR) is 155 cm³/mol. The number of fused-ring (bicyclic) bond motifs is 5. The maximum atomic E-state index is 12.2. The maximum Gasteiger partial charge on any atom is 0.222 e. The summed E-state index contributed by atoms with van der Waals surface area (Å²) in [5, 5.41) is 35.0. The fourth-order valence-electron chi connectivity index (χ4n) is 10.8. The molecule has 0 aromatic rings. The number of amides is 1. The second-order valence-corrected chi connectivity index (χ2v) is 14.9. The number of carbonyl (C=O) groups excluding carboxylic acids is 1. The molecule has 11 atom stereocenters. The fourth-order valence-corrected chi connectivity index (χ4v) is 10.8. The first-order chi connectivity index (χ1) is 18.7. The second kappa shape index (κ2) is 12.3. The quantitative estimate of drug-likeness (QED) is 0.317. The van der Waals surface area contributed by atoms with Crippen molar-refractivity contribution in [3.05, 3.63) is 0 Å². The second-order valence-electron chi connectivity index (χ2n) is 14.9. The molecule has 0 aromatic heterocycles. The van der Waals surface area contributed by atoms with Crippen LogP contribution < -0.4 is 5.32 Å². The lowest BCUT2D eigenvalue weighted by Gasteiger charge is -2.62. The zero-order valence-electron chi connectivity index (χ0n) is 25.1. The van der Waals surface area contributed by atoms with Gasteiger partial charge in [-0.25, -0.2) is 0 Å². The first-order valence-electron chi connectivity index (χ1n) is 16.7. The Morgan fingerprint density at radius 2 is 1.85 bits per heavy atom. The Kier molecular flexibility index (Phi) is 9.37. The van der Waals surface area contributed by atoms with Gasteiger partial charge in [0.05, 0.1) is 12.2 Å². The summed E-state index contributed by atoms with van der Waals surface area (Å²) in [7, 11) is 0. The Labute approximate surface area is 237 Å². The Balaban J connectivity index is 1.18. The van der Waals surface area contributed by atoms with E-state index in [0.717, 1.165) is 70.0 Å². The number of hydrogen-bond acceptors (Lipinski definition) is 5. The number of nitrogens with one attached hydrogen (secondary N) is 1. The number of likely N-dealkylation sites (tertiary alicyclic amines) is 1. The number of hydrogen-bond donors (Lipinski definition) is 4. The molecule has 6 nitrogen and oxygen atoms in total. The summed E-state index contributed by atoms with van der Waals surface area (Å²) in [6.07, 6.45) is 14.3. The van der Waals surface area contributed by atoms with Crippen molar-refractivity contribution in [1.29, 1.82) is 0 Å². The molecule has 1 saturated heterocycles. The lowest BCUT2D eigenvalue weighted by atomic mass is 9.43. The van der Waals surface area contributed by atoms with E-state index in [1.54, 1.807) is 0 Å². The highest BCUT2D eigenvalue weighted by Gasteiger charge is 2.63. The van der Waals surface area contributed by atoms with E-state index in [9.17, 15) is 15.0 Å². The van der Waals surface area contributed by atoms with Gasteiger partial charge in [0.2, 0.25) is 5.91 Å². The third-order valence-corrected chi connectivity index (χ3v) is 13.2. The van der Waals surface area contributed by atoms with Crippen LogP contribution in [0.15, 0.2) is 0 Å². The molecule has 9 unspecified atom stereocenters. The molecule has 1 amide bonds. The largest absolute Gasteiger partial charge is 0.396 e. The van der Waals surface area contributed by atoms with E-state index in [2.05, 4.69) is 31.0 Å². The number of nitrogens with zero attached hydrogens (tertiary/aromatic N) is 1. The first kappa shape index (κ1) is 29.8. The van der Waals surface area contributed by atoms with Crippen LogP contribution in [-0.4, -0.2) is 70.6 Å². The zero-order valence-corrected chi connectivity index (χ0v) is 25.1. The molecule has 4 saturated carbocycles. The predicted octanol–water partition coefficient (Wildman–Crippen LogP) is 4.75. The molecule has 0 spiro atoms. The van der Waals surface area contributed by atoms with Gasteiger partial charge in [0.25, 0.3) is 0 Å². The van der Waals surface area contributed by atoms with Crippen molar-refractivity contribution in [2.45, 2.75) is 129 Å². The molecule has 1 aliphatic heterocycles. The minimum Gasteiger partial charge on any atom is -0.396 e. The Hall–Kier alpha value is -0.690. The molecular formula is C33H58N2O4. The fraction of sp³-hybridized carbons (Fsp3) is 0.970. The van der Waals surface area contributed by atoms with Crippen LogP contribution in [0.5, 0.6) is 0 Å². The van der Waals surface area contributed by atoms with E-state index >= 15 is 0 Å². The van der Waals surface area contributed by atoms with Crippen LogP contribution in [0.4, 0.5) is 0 Å². The van der Waals surface area contributed by atoms with E-state index in [4.69, 9.17) is 5.11 Å². The summed E-state index contributed by atoms with van der Waals surface area (Å²) in [5.74, 6) is 4.09. The van der Waals surface area contributed by atoms with Crippen LogP contribution in [0.25, 0.3) is 0 Å². The van der Waals surface area contributed by atoms with Gasteiger partial charge in [0, 0.05) is 38.7 Å². The summed E-state index contributed by atoms with van der Waals surface area (Å²) < 4.78 is 0. The number of aliphatic hydroxyl groups excluding tert-OH is 3. The highest BCUT2D eigenvalue weighted by atomic mass is 16.3. The van der Waals surface area contributed by atoms with E-state index in [-0.39, 0.29) is 18.1 Å². The number of piperidine rings is 1. The lowest BCUT2D eigenvalue weighted by Crippen LogP contribution is -2.59. The van der Waals surface area contributed by atoms with Crippen molar-refractivity contribution in [1.82, 2.24) is 10.2 Å². The molecule has 6 heteroatoms. The van der Waals surface area contributed by atoms with Crippen molar-refractivity contribution >= 4 is 5.91 Å². The van der Waals surface area contributed by atoms with Gasteiger partial charge in [-0.3, -0.25) is 4.79 Å². The third kappa shape index (κ3) is 5.70. The van der Waals surface area contributed by atoms with Crippen LogP contribution >= 0.6 is 0 Å². The molecule has 0 bridgehead atoms. The standard InChI is InChI=1S/C33H58N2O4/c1-22(7-9-25(37)14-19-36)27-11-12-28-26-10-8-23-20-24(34-16-18-35-17-5-4-6-31(35)39)13-15-32(23,2)29(26)21-30(38)33(27,28)3/h22-30,34,36-38H,4-21H2,1-3H3/t22?,23-,24?,25?,26?,27?,28?,29?,30-,32?,33?/m0/s1. The summed E-state index contributed by atoms with van der Waals surface area (Å²) >= 11 is 0. The minimum atomic E-state index is -0.407. The van der Waals surface area contributed by atoms with E-state index < -0.39 is 6.10 Å². The molecule has 0 radical (unpaired) electrons. The van der Waals surface area contributed by atoms with Gasteiger partial charge < -0.3 is 25.5 Å². The normalized spacial score (nSPS) is 43.9. The van der Waals surface area contributed by atoms with Crippen LogP contribution in [0.2, 0.25) is 0 Å². The molecule has 5 rings (SSSR count). The first-order valence-corrected chi connectivity index (χ1v) is 16.7. The van der Waals surface area contributed by atoms with Gasteiger partial charge in [0.15, 0.2) is 0 Å².